The molecule has 1 aliphatic carbocycles. The van der Waals surface area contributed by atoms with Gasteiger partial charge in [-0.25, -0.2) is 0 Å². The molecule has 94 valence electrons. The van der Waals surface area contributed by atoms with E-state index in [1.165, 1.54) is 0 Å². The summed E-state index contributed by atoms with van der Waals surface area (Å²) < 4.78 is 10.6. The second kappa shape index (κ2) is 5.40. The van der Waals surface area contributed by atoms with Gasteiger partial charge >= 0.3 is 0 Å². The Morgan fingerprint density at radius 3 is 3.06 bits per heavy atom. The molecule has 0 spiro atoms. The molecule has 17 heavy (non-hydrogen) atoms. The molecule has 5 heteroatoms. The first-order chi connectivity index (χ1) is 8.22. The lowest BCUT2D eigenvalue weighted by atomic mass is 9.88. The van der Waals surface area contributed by atoms with Crippen LogP contribution in [0.3, 0.4) is 0 Å². The van der Waals surface area contributed by atoms with Crippen LogP contribution in [-0.2, 0) is 9.53 Å². The highest BCUT2D eigenvalue weighted by molar-refractivity contribution is 5.85. The molecule has 1 fully saturated rings. The minimum Gasteiger partial charge on any atom is -0.371 e. The van der Waals surface area contributed by atoms with Crippen LogP contribution in [0.25, 0.3) is 0 Å². The Balaban J connectivity index is 2.09. The van der Waals surface area contributed by atoms with Gasteiger partial charge in [-0.2, -0.15) is 4.98 Å². The molecule has 0 bridgehead atoms. The Bertz CT molecular complexity index is 389. The third kappa shape index (κ3) is 2.72. The molecule has 0 aromatic carbocycles. The van der Waals surface area contributed by atoms with Gasteiger partial charge in [0.15, 0.2) is 5.82 Å². The van der Waals surface area contributed by atoms with Gasteiger partial charge in [0.2, 0.25) is 5.89 Å². The van der Waals surface area contributed by atoms with Crippen LogP contribution in [0, 0.1) is 0 Å². The van der Waals surface area contributed by atoms with Crippen molar-refractivity contribution in [3.63, 3.8) is 0 Å². The normalized spacial score (nSPS) is 22.7. The van der Waals surface area contributed by atoms with Crippen molar-refractivity contribution in [2.45, 2.75) is 51.6 Å². The maximum Gasteiger partial charge on any atom is 0.237 e. The standard InChI is InChI=1S/C12H18N2O3/c1-3-16-8(2)11-13-12(17-14-11)9-6-4-5-7-10(9)15/h8-9H,3-7H2,1-2H3. The maximum atomic E-state index is 11.7. The highest BCUT2D eigenvalue weighted by Gasteiger charge is 2.29. The number of hydrogen-bond acceptors (Lipinski definition) is 5. The van der Waals surface area contributed by atoms with Crippen LogP contribution < -0.4 is 0 Å². The van der Waals surface area contributed by atoms with E-state index in [-0.39, 0.29) is 17.8 Å². The Hall–Kier alpha value is -1.23. The zero-order chi connectivity index (χ0) is 12.3. The van der Waals surface area contributed by atoms with Crippen LogP contribution in [-0.4, -0.2) is 22.5 Å². The molecular weight excluding hydrogens is 220 g/mol. The van der Waals surface area contributed by atoms with Gasteiger partial charge in [0.25, 0.3) is 0 Å². The zero-order valence-electron chi connectivity index (χ0n) is 10.3. The van der Waals surface area contributed by atoms with Crippen molar-refractivity contribution >= 4 is 5.78 Å². The molecule has 1 heterocycles. The Kier molecular flexibility index (Phi) is 3.89. The van der Waals surface area contributed by atoms with Gasteiger partial charge in [0.05, 0.1) is 5.92 Å². The quantitative estimate of drug-likeness (QED) is 0.805. The van der Waals surface area contributed by atoms with Crippen molar-refractivity contribution in [1.29, 1.82) is 0 Å². The first-order valence-corrected chi connectivity index (χ1v) is 6.20. The number of ether oxygens (including phenoxy) is 1. The summed E-state index contributed by atoms with van der Waals surface area (Å²) in [7, 11) is 0. The van der Waals surface area contributed by atoms with Crippen LogP contribution in [0.1, 0.15) is 63.3 Å². The molecule has 0 amide bonds. The smallest absolute Gasteiger partial charge is 0.237 e. The minimum absolute atomic E-state index is 0.184. The summed E-state index contributed by atoms with van der Waals surface area (Å²) in [5.74, 6) is 1.01. The molecule has 1 saturated carbocycles. The number of carbonyl (C=O) groups is 1. The van der Waals surface area contributed by atoms with Crippen LogP contribution >= 0.6 is 0 Å². The molecule has 2 unspecified atom stereocenters. The summed E-state index contributed by atoms with van der Waals surface area (Å²) in [5, 5.41) is 3.88. The van der Waals surface area contributed by atoms with E-state index in [1.807, 2.05) is 13.8 Å². The molecule has 2 rings (SSSR count). The van der Waals surface area contributed by atoms with E-state index in [9.17, 15) is 4.79 Å². The molecule has 5 nitrogen and oxygen atoms in total. The fraction of sp³-hybridized carbons (Fsp3) is 0.750. The molecule has 0 N–H and O–H groups in total. The van der Waals surface area contributed by atoms with Crippen molar-refractivity contribution in [2.75, 3.05) is 6.61 Å². The van der Waals surface area contributed by atoms with Gasteiger partial charge in [-0.3, -0.25) is 4.79 Å². The third-order valence-electron chi connectivity index (χ3n) is 3.09. The summed E-state index contributed by atoms with van der Waals surface area (Å²) in [6.07, 6.45) is 3.30. The summed E-state index contributed by atoms with van der Waals surface area (Å²) in [4.78, 5) is 16.0. The Labute approximate surface area is 101 Å². The molecule has 1 aliphatic rings. The molecule has 1 aromatic rings. The topological polar surface area (TPSA) is 65.2 Å². The van der Waals surface area contributed by atoms with Crippen LogP contribution in [0.5, 0.6) is 0 Å². The number of Topliss-reactive ketones (excluding diaryl/α,β-unsaturated/α-hetero) is 1. The Morgan fingerprint density at radius 2 is 2.35 bits per heavy atom. The summed E-state index contributed by atoms with van der Waals surface area (Å²) in [6, 6.07) is 0. The molecule has 2 atom stereocenters. The van der Waals surface area contributed by atoms with Crippen molar-refractivity contribution < 1.29 is 14.1 Å². The second-order valence-corrected chi connectivity index (χ2v) is 4.35. The van der Waals surface area contributed by atoms with E-state index < -0.39 is 0 Å². The number of aromatic nitrogens is 2. The SMILES string of the molecule is CCOC(C)c1noc(C2CCCCC2=O)n1. The van der Waals surface area contributed by atoms with E-state index in [2.05, 4.69) is 10.1 Å². The first kappa shape index (κ1) is 12.2. The highest BCUT2D eigenvalue weighted by atomic mass is 16.5. The lowest BCUT2D eigenvalue weighted by Gasteiger charge is -2.16. The predicted octanol–water partition coefficient (Wildman–Crippen LogP) is 2.39. The molecule has 0 radical (unpaired) electrons. The van der Waals surface area contributed by atoms with Gasteiger partial charge < -0.3 is 9.26 Å². The fourth-order valence-electron chi connectivity index (χ4n) is 2.12. The largest absolute Gasteiger partial charge is 0.371 e. The predicted molar refractivity (Wildman–Crippen MR) is 60.6 cm³/mol. The monoisotopic (exact) mass is 238 g/mol. The summed E-state index contributed by atoms with van der Waals surface area (Å²) in [5.41, 5.74) is 0. The molecule has 0 aliphatic heterocycles. The number of nitrogens with zero attached hydrogens (tertiary/aromatic N) is 2. The second-order valence-electron chi connectivity index (χ2n) is 4.35. The first-order valence-electron chi connectivity index (χ1n) is 6.20. The van der Waals surface area contributed by atoms with Gasteiger partial charge in [0.1, 0.15) is 11.9 Å². The van der Waals surface area contributed by atoms with Crippen molar-refractivity contribution in [1.82, 2.24) is 10.1 Å². The number of ketones is 1. The van der Waals surface area contributed by atoms with E-state index in [4.69, 9.17) is 9.26 Å². The van der Waals surface area contributed by atoms with Crippen LogP contribution in [0.15, 0.2) is 4.52 Å². The average molecular weight is 238 g/mol. The van der Waals surface area contributed by atoms with Crippen LogP contribution in [0.2, 0.25) is 0 Å². The number of carbonyl (C=O) groups excluding carboxylic acids is 1. The Morgan fingerprint density at radius 1 is 1.53 bits per heavy atom. The molecule has 1 aromatic heterocycles. The minimum atomic E-state index is -0.196. The van der Waals surface area contributed by atoms with E-state index in [1.54, 1.807) is 0 Å². The van der Waals surface area contributed by atoms with Crippen molar-refractivity contribution in [2.24, 2.45) is 0 Å². The highest BCUT2D eigenvalue weighted by Crippen LogP contribution is 2.29. The van der Waals surface area contributed by atoms with Crippen molar-refractivity contribution in [3.05, 3.63) is 11.7 Å². The third-order valence-corrected chi connectivity index (χ3v) is 3.09. The molecular formula is C12H18N2O3. The number of hydrogen-bond donors (Lipinski definition) is 0. The number of rotatable bonds is 4. The van der Waals surface area contributed by atoms with E-state index in [0.717, 1.165) is 19.3 Å². The van der Waals surface area contributed by atoms with Gasteiger partial charge in [0, 0.05) is 13.0 Å². The summed E-state index contributed by atoms with van der Waals surface area (Å²) >= 11 is 0. The fourth-order valence-corrected chi connectivity index (χ4v) is 2.12. The average Bonchev–Trinajstić information content (AvgIpc) is 2.79. The lowest BCUT2D eigenvalue weighted by molar-refractivity contribution is -0.122. The van der Waals surface area contributed by atoms with Crippen LogP contribution in [0.4, 0.5) is 0 Å². The van der Waals surface area contributed by atoms with Crippen molar-refractivity contribution in [3.8, 4) is 0 Å². The van der Waals surface area contributed by atoms with E-state index in [0.29, 0.717) is 24.7 Å². The zero-order valence-corrected chi connectivity index (χ0v) is 10.3. The van der Waals surface area contributed by atoms with Gasteiger partial charge in [-0.05, 0) is 26.7 Å². The summed E-state index contributed by atoms with van der Waals surface area (Å²) in [6.45, 7) is 4.40. The maximum absolute atomic E-state index is 11.7. The van der Waals surface area contributed by atoms with Gasteiger partial charge in [-0.1, -0.05) is 11.6 Å². The molecule has 0 saturated heterocycles. The lowest BCUT2D eigenvalue weighted by Crippen LogP contribution is -2.17. The van der Waals surface area contributed by atoms with E-state index >= 15 is 0 Å². The van der Waals surface area contributed by atoms with Gasteiger partial charge in [-0.15, -0.1) is 0 Å².